The maximum Gasteiger partial charge on any atom is 0.0568 e. The van der Waals surface area contributed by atoms with Crippen LogP contribution >= 0.6 is 0 Å². The second kappa shape index (κ2) is 4.83. The summed E-state index contributed by atoms with van der Waals surface area (Å²) in [5, 5.41) is 18.5. The summed E-state index contributed by atoms with van der Waals surface area (Å²) in [6.07, 6.45) is 5.41. The van der Waals surface area contributed by atoms with Crippen LogP contribution < -0.4 is 0 Å². The summed E-state index contributed by atoms with van der Waals surface area (Å²) in [5.41, 5.74) is 0. The van der Waals surface area contributed by atoms with E-state index >= 15 is 0 Å². The molecule has 0 aromatic heterocycles. The molecule has 1 aliphatic carbocycles. The molecule has 72 valence electrons. The molecule has 0 bridgehead atoms. The summed E-state index contributed by atoms with van der Waals surface area (Å²) < 4.78 is 0. The lowest BCUT2D eigenvalue weighted by Gasteiger charge is -2.29. The third kappa shape index (κ3) is 2.76. The SMILES string of the molecule is CC(CO)C[C@H]1CCCC[C@@H]1O. The van der Waals surface area contributed by atoms with Gasteiger partial charge in [0.2, 0.25) is 0 Å². The third-order valence-electron chi connectivity index (χ3n) is 2.89. The molecule has 0 amide bonds. The average Bonchev–Trinajstić information content (AvgIpc) is 2.09. The monoisotopic (exact) mass is 172 g/mol. The fourth-order valence-corrected chi connectivity index (χ4v) is 2.05. The summed E-state index contributed by atoms with van der Waals surface area (Å²) in [5.74, 6) is 0.795. The van der Waals surface area contributed by atoms with Gasteiger partial charge in [-0.3, -0.25) is 0 Å². The first-order valence-electron chi connectivity index (χ1n) is 5.03. The minimum absolute atomic E-state index is 0.104. The van der Waals surface area contributed by atoms with Crippen molar-refractivity contribution >= 4 is 0 Å². The number of aliphatic hydroxyl groups excluding tert-OH is 2. The highest BCUT2D eigenvalue weighted by Gasteiger charge is 2.24. The van der Waals surface area contributed by atoms with E-state index in [2.05, 4.69) is 0 Å². The Kier molecular flexibility index (Phi) is 4.02. The Balaban J connectivity index is 2.28. The van der Waals surface area contributed by atoms with Crippen molar-refractivity contribution in [3.8, 4) is 0 Å². The van der Waals surface area contributed by atoms with Crippen LogP contribution in [0.15, 0.2) is 0 Å². The van der Waals surface area contributed by atoms with Crippen LogP contribution in [0.5, 0.6) is 0 Å². The van der Waals surface area contributed by atoms with Gasteiger partial charge in [0.1, 0.15) is 0 Å². The van der Waals surface area contributed by atoms with Crippen molar-refractivity contribution < 1.29 is 10.2 Å². The van der Waals surface area contributed by atoms with Crippen molar-refractivity contribution in [2.45, 2.75) is 45.1 Å². The van der Waals surface area contributed by atoms with E-state index in [0.717, 1.165) is 19.3 Å². The fraction of sp³-hybridized carbons (Fsp3) is 1.00. The quantitative estimate of drug-likeness (QED) is 0.678. The molecule has 2 heteroatoms. The summed E-state index contributed by atoms with van der Waals surface area (Å²) in [6.45, 7) is 2.30. The second-order valence-corrected chi connectivity index (χ2v) is 4.14. The van der Waals surface area contributed by atoms with Gasteiger partial charge in [-0.05, 0) is 31.1 Å². The molecule has 0 aromatic rings. The van der Waals surface area contributed by atoms with Crippen molar-refractivity contribution in [2.75, 3.05) is 6.61 Å². The van der Waals surface area contributed by atoms with Crippen molar-refractivity contribution in [3.63, 3.8) is 0 Å². The van der Waals surface area contributed by atoms with Gasteiger partial charge in [0.05, 0.1) is 6.10 Å². The predicted octanol–water partition coefficient (Wildman–Crippen LogP) is 1.56. The summed E-state index contributed by atoms with van der Waals surface area (Å²) in [4.78, 5) is 0. The van der Waals surface area contributed by atoms with Crippen LogP contribution in [0.3, 0.4) is 0 Å². The van der Waals surface area contributed by atoms with Crippen LogP contribution in [0.2, 0.25) is 0 Å². The topological polar surface area (TPSA) is 40.5 Å². The summed E-state index contributed by atoms with van der Waals surface area (Å²) in [7, 11) is 0. The minimum atomic E-state index is -0.104. The predicted molar refractivity (Wildman–Crippen MR) is 48.8 cm³/mol. The number of hydrogen-bond acceptors (Lipinski definition) is 2. The maximum atomic E-state index is 9.63. The van der Waals surface area contributed by atoms with Crippen LogP contribution in [0, 0.1) is 11.8 Å². The molecule has 0 aromatic carbocycles. The van der Waals surface area contributed by atoms with Crippen LogP contribution in [-0.2, 0) is 0 Å². The van der Waals surface area contributed by atoms with Gasteiger partial charge < -0.3 is 10.2 Å². The third-order valence-corrected chi connectivity index (χ3v) is 2.89. The van der Waals surface area contributed by atoms with Gasteiger partial charge in [-0.2, -0.15) is 0 Å². The lowest BCUT2D eigenvalue weighted by molar-refractivity contribution is 0.0512. The molecular formula is C10H20O2. The van der Waals surface area contributed by atoms with Gasteiger partial charge >= 0.3 is 0 Å². The second-order valence-electron chi connectivity index (χ2n) is 4.14. The first-order valence-corrected chi connectivity index (χ1v) is 5.03. The highest BCUT2D eigenvalue weighted by Crippen LogP contribution is 2.29. The zero-order chi connectivity index (χ0) is 8.97. The highest BCUT2D eigenvalue weighted by atomic mass is 16.3. The smallest absolute Gasteiger partial charge is 0.0568 e. The van der Waals surface area contributed by atoms with Crippen molar-refractivity contribution in [1.29, 1.82) is 0 Å². The number of aliphatic hydroxyl groups is 2. The molecule has 2 nitrogen and oxygen atoms in total. The van der Waals surface area contributed by atoms with E-state index in [1.807, 2.05) is 6.92 Å². The Bertz CT molecular complexity index is 125. The van der Waals surface area contributed by atoms with E-state index in [0.29, 0.717) is 11.8 Å². The van der Waals surface area contributed by atoms with Crippen LogP contribution in [0.4, 0.5) is 0 Å². The molecule has 3 atom stereocenters. The Morgan fingerprint density at radius 2 is 2.00 bits per heavy atom. The summed E-state index contributed by atoms with van der Waals surface area (Å²) >= 11 is 0. The van der Waals surface area contributed by atoms with E-state index in [-0.39, 0.29) is 12.7 Å². The molecule has 1 rings (SSSR count). The number of rotatable bonds is 3. The first-order chi connectivity index (χ1) is 5.74. The molecule has 1 unspecified atom stereocenters. The van der Waals surface area contributed by atoms with Gasteiger partial charge in [-0.15, -0.1) is 0 Å². The largest absolute Gasteiger partial charge is 0.396 e. The molecule has 1 saturated carbocycles. The summed E-state index contributed by atoms with van der Waals surface area (Å²) in [6, 6.07) is 0. The zero-order valence-corrected chi connectivity index (χ0v) is 7.87. The van der Waals surface area contributed by atoms with Crippen molar-refractivity contribution in [1.82, 2.24) is 0 Å². The number of hydrogen-bond donors (Lipinski definition) is 2. The average molecular weight is 172 g/mol. The van der Waals surface area contributed by atoms with Gasteiger partial charge in [-0.1, -0.05) is 19.8 Å². The lowest BCUT2D eigenvalue weighted by atomic mass is 9.81. The van der Waals surface area contributed by atoms with Crippen molar-refractivity contribution in [2.24, 2.45) is 11.8 Å². The van der Waals surface area contributed by atoms with Gasteiger partial charge in [-0.25, -0.2) is 0 Å². The van der Waals surface area contributed by atoms with E-state index in [9.17, 15) is 5.11 Å². The molecule has 0 heterocycles. The molecule has 0 radical (unpaired) electrons. The van der Waals surface area contributed by atoms with Crippen molar-refractivity contribution in [3.05, 3.63) is 0 Å². The van der Waals surface area contributed by atoms with Gasteiger partial charge in [0.25, 0.3) is 0 Å². The Morgan fingerprint density at radius 1 is 1.33 bits per heavy atom. The molecular weight excluding hydrogens is 152 g/mol. The zero-order valence-electron chi connectivity index (χ0n) is 7.87. The standard InChI is InChI=1S/C10H20O2/c1-8(7-11)6-9-4-2-3-5-10(9)12/h8-12H,2-7H2,1H3/t8?,9-,10+/m1/s1. The van der Waals surface area contributed by atoms with Crippen LogP contribution in [0.25, 0.3) is 0 Å². The van der Waals surface area contributed by atoms with E-state index < -0.39 is 0 Å². The Morgan fingerprint density at radius 3 is 2.58 bits per heavy atom. The lowest BCUT2D eigenvalue weighted by Crippen LogP contribution is -2.26. The Hall–Kier alpha value is -0.0800. The minimum Gasteiger partial charge on any atom is -0.396 e. The Labute approximate surface area is 74.6 Å². The van der Waals surface area contributed by atoms with Gasteiger partial charge in [0, 0.05) is 6.61 Å². The highest BCUT2D eigenvalue weighted by molar-refractivity contribution is 4.75. The molecule has 1 fully saturated rings. The molecule has 0 saturated heterocycles. The van der Waals surface area contributed by atoms with E-state index in [4.69, 9.17) is 5.11 Å². The van der Waals surface area contributed by atoms with E-state index in [1.165, 1.54) is 12.8 Å². The molecule has 1 aliphatic rings. The van der Waals surface area contributed by atoms with Crippen LogP contribution in [0.1, 0.15) is 39.0 Å². The molecule has 2 N–H and O–H groups in total. The maximum absolute atomic E-state index is 9.63. The first kappa shape index (κ1) is 10.0. The molecule has 12 heavy (non-hydrogen) atoms. The molecule has 0 spiro atoms. The molecule has 0 aliphatic heterocycles. The van der Waals surface area contributed by atoms with E-state index in [1.54, 1.807) is 0 Å². The normalized spacial score (nSPS) is 33.2. The van der Waals surface area contributed by atoms with Gasteiger partial charge in [0.15, 0.2) is 0 Å². The van der Waals surface area contributed by atoms with Crippen LogP contribution in [-0.4, -0.2) is 22.9 Å². The fourth-order valence-electron chi connectivity index (χ4n) is 2.05.